The lowest BCUT2D eigenvalue weighted by Gasteiger charge is -2.01. The molecule has 0 aromatic heterocycles. The summed E-state index contributed by atoms with van der Waals surface area (Å²) in [5.74, 6) is -0.481. The molecule has 0 radical (unpaired) electrons. The minimum Gasteiger partial charge on any atom is -0.219 e. The summed E-state index contributed by atoms with van der Waals surface area (Å²) in [7, 11) is -3.37. The molecule has 0 aliphatic carbocycles. The molecule has 68 valence electrons. The Balaban J connectivity index is 2.81. The summed E-state index contributed by atoms with van der Waals surface area (Å²) >= 11 is 0. The number of hydrogen-bond donors (Lipinski definition) is 0. The molecule has 0 atom stereocenters. The van der Waals surface area contributed by atoms with Crippen molar-refractivity contribution in [2.45, 2.75) is 11.8 Å². The fourth-order valence-electron chi connectivity index (χ4n) is 1.30. The predicted octanol–water partition coefficient (Wildman–Crippen LogP) is 1.89. The molecular formula is C9H7FO2S. The van der Waals surface area contributed by atoms with Gasteiger partial charge in [-0.3, -0.25) is 0 Å². The van der Waals surface area contributed by atoms with Crippen molar-refractivity contribution in [3.63, 3.8) is 0 Å². The van der Waals surface area contributed by atoms with Crippen molar-refractivity contribution in [3.8, 4) is 0 Å². The smallest absolute Gasteiger partial charge is 0.200 e. The SMILES string of the molecule is Cc1cc2c(cc1F)S(=O)(=O)C=C2. The summed E-state index contributed by atoms with van der Waals surface area (Å²) < 4.78 is 35.6. The first-order chi connectivity index (χ1) is 6.00. The zero-order valence-corrected chi connectivity index (χ0v) is 7.73. The van der Waals surface area contributed by atoms with Crippen LogP contribution in [0.5, 0.6) is 0 Å². The standard InChI is InChI=1S/C9H7FO2S/c1-6-4-7-2-3-13(11,12)9(7)5-8(6)10/h2-5H,1H3. The highest BCUT2D eigenvalue weighted by molar-refractivity contribution is 7.94. The van der Waals surface area contributed by atoms with E-state index in [0.717, 1.165) is 11.5 Å². The number of aryl methyl sites for hydroxylation is 1. The van der Waals surface area contributed by atoms with Gasteiger partial charge in [0.1, 0.15) is 5.82 Å². The van der Waals surface area contributed by atoms with Crippen molar-refractivity contribution >= 4 is 15.9 Å². The van der Waals surface area contributed by atoms with Crippen LogP contribution in [0.1, 0.15) is 11.1 Å². The predicted molar refractivity (Wildman–Crippen MR) is 47.4 cm³/mol. The third kappa shape index (κ3) is 1.18. The topological polar surface area (TPSA) is 34.1 Å². The molecule has 0 amide bonds. The molecule has 0 N–H and O–H groups in total. The fraction of sp³-hybridized carbons (Fsp3) is 0.111. The first-order valence-corrected chi connectivity index (χ1v) is 5.29. The number of fused-ring (bicyclic) bond motifs is 1. The molecule has 13 heavy (non-hydrogen) atoms. The molecule has 1 aromatic rings. The Labute approximate surface area is 75.6 Å². The first kappa shape index (κ1) is 8.44. The number of halogens is 1. The van der Waals surface area contributed by atoms with Gasteiger partial charge in [-0.25, -0.2) is 12.8 Å². The van der Waals surface area contributed by atoms with Gasteiger partial charge in [0.15, 0.2) is 0 Å². The molecule has 0 saturated carbocycles. The Morgan fingerprint density at radius 2 is 2.00 bits per heavy atom. The van der Waals surface area contributed by atoms with E-state index >= 15 is 0 Å². The lowest BCUT2D eigenvalue weighted by molar-refractivity contribution is 0.596. The third-order valence-corrected chi connectivity index (χ3v) is 3.49. The highest BCUT2D eigenvalue weighted by atomic mass is 32.2. The van der Waals surface area contributed by atoms with Crippen LogP contribution >= 0.6 is 0 Å². The van der Waals surface area contributed by atoms with Gasteiger partial charge in [-0.2, -0.15) is 0 Å². The van der Waals surface area contributed by atoms with Crippen molar-refractivity contribution in [2.24, 2.45) is 0 Å². The van der Waals surface area contributed by atoms with Crippen molar-refractivity contribution in [3.05, 3.63) is 34.5 Å². The van der Waals surface area contributed by atoms with E-state index < -0.39 is 15.7 Å². The maximum Gasteiger partial charge on any atom is 0.200 e. The van der Waals surface area contributed by atoms with Crippen LogP contribution in [0.4, 0.5) is 4.39 Å². The van der Waals surface area contributed by atoms with Gasteiger partial charge in [0.05, 0.1) is 4.90 Å². The van der Waals surface area contributed by atoms with Crippen molar-refractivity contribution in [1.82, 2.24) is 0 Å². The molecule has 0 fully saturated rings. The van der Waals surface area contributed by atoms with Gasteiger partial charge in [-0.1, -0.05) is 0 Å². The van der Waals surface area contributed by atoms with E-state index in [0.29, 0.717) is 11.1 Å². The largest absolute Gasteiger partial charge is 0.219 e. The molecule has 1 heterocycles. The minimum absolute atomic E-state index is 0.0654. The monoisotopic (exact) mass is 198 g/mol. The molecule has 1 aromatic carbocycles. The summed E-state index contributed by atoms with van der Waals surface area (Å²) in [6.45, 7) is 1.61. The van der Waals surface area contributed by atoms with E-state index in [1.165, 1.54) is 12.1 Å². The Hall–Kier alpha value is -1.16. The molecule has 0 bridgehead atoms. The number of sulfone groups is 1. The molecule has 2 nitrogen and oxygen atoms in total. The lowest BCUT2D eigenvalue weighted by Crippen LogP contribution is -1.95. The van der Waals surface area contributed by atoms with Crippen LogP contribution < -0.4 is 0 Å². The van der Waals surface area contributed by atoms with Gasteiger partial charge in [0, 0.05) is 5.41 Å². The first-order valence-electron chi connectivity index (χ1n) is 3.74. The summed E-state index contributed by atoms with van der Waals surface area (Å²) in [5.41, 5.74) is 1.03. The van der Waals surface area contributed by atoms with Crippen LogP contribution in [-0.4, -0.2) is 8.42 Å². The van der Waals surface area contributed by atoms with Crippen molar-refractivity contribution in [1.29, 1.82) is 0 Å². The maximum absolute atomic E-state index is 13.0. The average Bonchev–Trinajstić information content (AvgIpc) is 2.31. The summed E-state index contributed by atoms with van der Waals surface area (Å²) in [5, 5.41) is 1.09. The van der Waals surface area contributed by atoms with Gasteiger partial charge in [-0.15, -0.1) is 0 Å². The van der Waals surface area contributed by atoms with Crippen molar-refractivity contribution in [2.75, 3.05) is 0 Å². The van der Waals surface area contributed by atoms with Crippen LogP contribution in [0.3, 0.4) is 0 Å². The van der Waals surface area contributed by atoms with E-state index in [1.807, 2.05) is 0 Å². The summed E-state index contributed by atoms with van der Waals surface area (Å²) in [6.07, 6.45) is 1.48. The molecule has 4 heteroatoms. The zero-order valence-electron chi connectivity index (χ0n) is 6.91. The van der Waals surface area contributed by atoms with E-state index in [2.05, 4.69) is 0 Å². The quantitative estimate of drug-likeness (QED) is 0.638. The molecule has 1 aliphatic rings. The summed E-state index contributed by atoms with van der Waals surface area (Å²) in [4.78, 5) is 0.0654. The normalized spacial score (nSPS) is 17.4. The van der Waals surface area contributed by atoms with E-state index in [1.54, 1.807) is 6.92 Å². The van der Waals surface area contributed by atoms with Crippen molar-refractivity contribution < 1.29 is 12.8 Å². The molecule has 1 aliphatic heterocycles. The number of rotatable bonds is 0. The molecule has 0 saturated heterocycles. The van der Waals surface area contributed by atoms with Crippen LogP contribution in [0.2, 0.25) is 0 Å². The fourth-order valence-corrected chi connectivity index (χ4v) is 2.49. The van der Waals surface area contributed by atoms with Gasteiger partial charge in [-0.05, 0) is 36.3 Å². The van der Waals surface area contributed by atoms with Crippen LogP contribution in [0.15, 0.2) is 22.4 Å². The third-order valence-electron chi connectivity index (χ3n) is 2.02. The van der Waals surface area contributed by atoms with Gasteiger partial charge in [0.2, 0.25) is 9.84 Å². The second-order valence-electron chi connectivity index (χ2n) is 2.99. The molecular weight excluding hydrogens is 191 g/mol. The average molecular weight is 198 g/mol. The van der Waals surface area contributed by atoms with E-state index in [-0.39, 0.29) is 4.90 Å². The minimum atomic E-state index is -3.37. The molecule has 2 rings (SSSR count). The highest BCUT2D eigenvalue weighted by Gasteiger charge is 2.21. The summed E-state index contributed by atoms with van der Waals surface area (Å²) in [6, 6.07) is 2.60. The Morgan fingerprint density at radius 1 is 1.31 bits per heavy atom. The Morgan fingerprint density at radius 3 is 2.69 bits per heavy atom. The van der Waals surface area contributed by atoms with Gasteiger partial charge < -0.3 is 0 Å². The van der Waals surface area contributed by atoms with Gasteiger partial charge >= 0.3 is 0 Å². The maximum atomic E-state index is 13.0. The van der Waals surface area contributed by atoms with Crippen LogP contribution in [0.25, 0.3) is 6.08 Å². The highest BCUT2D eigenvalue weighted by Crippen LogP contribution is 2.28. The number of benzene rings is 1. The molecule has 0 spiro atoms. The zero-order chi connectivity index (χ0) is 9.64. The number of hydrogen-bond acceptors (Lipinski definition) is 2. The van der Waals surface area contributed by atoms with Crippen LogP contribution in [0, 0.1) is 12.7 Å². The van der Waals surface area contributed by atoms with Crippen LogP contribution in [-0.2, 0) is 9.84 Å². The second-order valence-corrected chi connectivity index (χ2v) is 4.79. The Kier molecular flexibility index (Phi) is 1.57. The lowest BCUT2D eigenvalue weighted by atomic mass is 10.1. The Bertz CT molecular complexity index is 501. The van der Waals surface area contributed by atoms with E-state index in [9.17, 15) is 12.8 Å². The second kappa shape index (κ2) is 2.42. The van der Waals surface area contributed by atoms with Gasteiger partial charge in [0.25, 0.3) is 0 Å². The molecule has 0 unspecified atom stereocenters. The van der Waals surface area contributed by atoms with E-state index in [4.69, 9.17) is 0 Å².